The van der Waals surface area contributed by atoms with Crippen LogP contribution in [0.2, 0.25) is 0 Å². The number of thiazole rings is 1. The molecule has 0 aliphatic carbocycles. The summed E-state index contributed by atoms with van der Waals surface area (Å²) in [6.45, 7) is 0. The summed E-state index contributed by atoms with van der Waals surface area (Å²) in [5.41, 5.74) is 7.98. The molecule has 1 aromatic heterocycles. The van der Waals surface area contributed by atoms with Gasteiger partial charge in [0.1, 0.15) is 4.88 Å². The van der Waals surface area contributed by atoms with Crippen LogP contribution in [0.1, 0.15) is 9.67 Å². The molecule has 0 aliphatic heterocycles. The monoisotopic (exact) mass is 373 g/mol. The molecule has 3 N–H and O–H groups in total. The Hall–Kier alpha value is -2.18. The Morgan fingerprint density at radius 3 is 2.64 bits per heavy atom. The number of hydrogen-bond donors (Lipinski definition) is 2. The van der Waals surface area contributed by atoms with Gasteiger partial charge in [-0.1, -0.05) is 63.7 Å². The molecule has 3 aromatic rings. The molecule has 22 heavy (non-hydrogen) atoms. The molecule has 4 nitrogen and oxygen atoms in total. The third kappa shape index (κ3) is 3.18. The first kappa shape index (κ1) is 14.7. The van der Waals surface area contributed by atoms with Gasteiger partial charge in [0.2, 0.25) is 0 Å². The van der Waals surface area contributed by atoms with Crippen LogP contribution >= 0.6 is 27.3 Å². The smallest absolute Gasteiger partial charge is 0.268 e. The summed E-state index contributed by atoms with van der Waals surface area (Å²) in [6, 6.07) is 17.0. The van der Waals surface area contributed by atoms with E-state index < -0.39 is 0 Å². The summed E-state index contributed by atoms with van der Waals surface area (Å²) in [7, 11) is 0. The predicted octanol–water partition coefficient (Wildman–Crippen LogP) is 4.41. The van der Waals surface area contributed by atoms with Gasteiger partial charge in [-0.3, -0.25) is 4.79 Å². The van der Waals surface area contributed by atoms with Crippen LogP contribution in [0.15, 0.2) is 59.1 Å². The third-order valence-corrected chi connectivity index (χ3v) is 4.36. The number of rotatable bonds is 3. The molecule has 3 rings (SSSR count). The third-order valence-electron chi connectivity index (χ3n) is 2.98. The van der Waals surface area contributed by atoms with Gasteiger partial charge in [-0.05, 0) is 18.2 Å². The lowest BCUT2D eigenvalue weighted by Crippen LogP contribution is -2.11. The Kier molecular flexibility index (Phi) is 4.22. The number of nitrogens with two attached hydrogens (primary N) is 1. The molecule has 6 heteroatoms. The summed E-state index contributed by atoms with van der Waals surface area (Å²) in [4.78, 5) is 17.3. The van der Waals surface area contributed by atoms with Crippen molar-refractivity contribution in [3.63, 3.8) is 0 Å². The van der Waals surface area contributed by atoms with Crippen molar-refractivity contribution in [2.45, 2.75) is 0 Å². The number of nitrogens with zero attached hydrogens (tertiary/aromatic N) is 1. The molecule has 110 valence electrons. The van der Waals surface area contributed by atoms with Crippen LogP contribution in [0, 0.1) is 0 Å². The van der Waals surface area contributed by atoms with E-state index in [0.717, 1.165) is 10.0 Å². The molecular formula is C16H12BrN3OS. The van der Waals surface area contributed by atoms with Gasteiger partial charge in [0.05, 0.1) is 5.69 Å². The fourth-order valence-electron chi connectivity index (χ4n) is 2.04. The number of hydrogen-bond acceptors (Lipinski definition) is 4. The average molecular weight is 374 g/mol. The van der Waals surface area contributed by atoms with Gasteiger partial charge in [-0.2, -0.15) is 0 Å². The zero-order valence-electron chi connectivity index (χ0n) is 11.4. The molecule has 0 saturated carbocycles. The molecule has 0 spiro atoms. The Labute approximate surface area is 140 Å². The second-order valence-corrected chi connectivity index (χ2v) is 6.51. The number of nitrogen functional groups attached to an aromatic ring is 1. The molecule has 0 bridgehead atoms. The highest BCUT2D eigenvalue weighted by atomic mass is 79.9. The Morgan fingerprint density at radius 2 is 1.91 bits per heavy atom. The zero-order valence-corrected chi connectivity index (χ0v) is 13.8. The van der Waals surface area contributed by atoms with E-state index in [1.165, 1.54) is 11.3 Å². The lowest BCUT2D eigenvalue weighted by molar-refractivity contribution is 0.103. The van der Waals surface area contributed by atoms with Gasteiger partial charge in [-0.15, -0.1) is 0 Å². The zero-order chi connectivity index (χ0) is 15.5. The largest absolute Gasteiger partial charge is 0.375 e. The minimum atomic E-state index is -0.217. The van der Waals surface area contributed by atoms with Crippen LogP contribution in [0.5, 0.6) is 0 Å². The van der Waals surface area contributed by atoms with E-state index in [9.17, 15) is 4.79 Å². The highest BCUT2D eigenvalue weighted by Crippen LogP contribution is 2.30. The summed E-state index contributed by atoms with van der Waals surface area (Å²) < 4.78 is 0.900. The molecule has 2 aromatic carbocycles. The second-order valence-electron chi connectivity index (χ2n) is 4.56. The van der Waals surface area contributed by atoms with Crippen molar-refractivity contribution in [3.05, 3.63) is 63.9 Å². The van der Waals surface area contributed by atoms with Crippen molar-refractivity contribution in [1.29, 1.82) is 0 Å². The number of carbonyl (C=O) groups excluding carboxylic acids is 1. The highest BCUT2D eigenvalue weighted by molar-refractivity contribution is 9.10. The average Bonchev–Trinajstić information content (AvgIpc) is 2.90. The first-order valence-corrected chi connectivity index (χ1v) is 8.13. The maximum absolute atomic E-state index is 12.5. The van der Waals surface area contributed by atoms with Crippen molar-refractivity contribution in [1.82, 2.24) is 4.98 Å². The summed E-state index contributed by atoms with van der Waals surface area (Å²) in [5.74, 6) is -0.217. The lowest BCUT2D eigenvalue weighted by Gasteiger charge is -2.05. The standard InChI is InChI=1S/C16H12BrN3OS/c17-11-7-4-8-12(9-11)19-15(21)14-13(20-16(18)22-14)10-5-2-1-3-6-10/h1-9H,(H2,18,20)(H,19,21). The van der Waals surface area contributed by atoms with Gasteiger partial charge in [0.15, 0.2) is 5.13 Å². The van der Waals surface area contributed by atoms with Crippen LogP contribution in [0.25, 0.3) is 11.3 Å². The first-order chi connectivity index (χ1) is 10.6. The normalized spacial score (nSPS) is 10.4. The number of anilines is 2. The summed E-state index contributed by atoms with van der Waals surface area (Å²) in [5, 5.41) is 3.24. The summed E-state index contributed by atoms with van der Waals surface area (Å²) >= 11 is 4.57. The minimum Gasteiger partial charge on any atom is -0.375 e. The number of nitrogens with one attached hydrogen (secondary N) is 1. The van der Waals surface area contributed by atoms with Crippen molar-refractivity contribution in [3.8, 4) is 11.3 Å². The molecule has 0 aliphatic rings. The van der Waals surface area contributed by atoms with Crippen LogP contribution in [0.3, 0.4) is 0 Å². The van der Waals surface area contributed by atoms with E-state index in [2.05, 4.69) is 26.2 Å². The molecule has 1 amide bonds. The molecule has 1 heterocycles. The quantitative estimate of drug-likeness (QED) is 0.714. The van der Waals surface area contributed by atoms with Crippen LogP contribution in [0.4, 0.5) is 10.8 Å². The van der Waals surface area contributed by atoms with Gasteiger partial charge in [0.25, 0.3) is 5.91 Å². The number of halogens is 1. The number of amides is 1. The van der Waals surface area contributed by atoms with Crippen LogP contribution < -0.4 is 11.1 Å². The molecule has 0 radical (unpaired) electrons. The predicted molar refractivity (Wildman–Crippen MR) is 94.1 cm³/mol. The number of carbonyl (C=O) groups is 1. The van der Waals surface area contributed by atoms with Crippen molar-refractivity contribution in [2.24, 2.45) is 0 Å². The van der Waals surface area contributed by atoms with Gasteiger partial charge >= 0.3 is 0 Å². The van der Waals surface area contributed by atoms with Crippen LogP contribution in [-0.4, -0.2) is 10.9 Å². The lowest BCUT2D eigenvalue weighted by atomic mass is 10.1. The van der Waals surface area contributed by atoms with Crippen molar-refractivity contribution >= 4 is 44.0 Å². The van der Waals surface area contributed by atoms with Crippen LogP contribution in [-0.2, 0) is 0 Å². The van der Waals surface area contributed by atoms with E-state index in [1.807, 2.05) is 54.6 Å². The van der Waals surface area contributed by atoms with E-state index in [1.54, 1.807) is 0 Å². The SMILES string of the molecule is Nc1nc(-c2ccccc2)c(C(=O)Nc2cccc(Br)c2)s1. The molecule has 0 saturated heterocycles. The fourth-order valence-corrected chi connectivity index (χ4v) is 3.19. The van der Waals surface area contributed by atoms with Gasteiger partial charge in [-0.25, -0.2) is 4.98 Å². The minimum absolute atomic E-state index is 0.217. The van der Waals surface area contributed by atoms with E-state index >= 15 is 0 Å². The fraction of sp³-hybridized carbons (Fsp3) is 0. The molecule has 0 atom stereocenters. The number of benzene rings is 2. The Morgan fingerprint density at radius 1 is 1.14 bits per heavy atom. The Bertz CT molecular complexity index is 817. The molecular weight excluding hydrogens is 362 g/mol. The van der Waals surface area contributed by atoms with E-state index in [-0.39, 0.29) is 5.91 Å². The number of aromatic nitrogens is 1. The van der Waals surface area contributed by atoms with Gasteiger partial charge in [0, 0.05) is 15.7 Å². The van der Waals surface area contributed by atoms with E-state index in [4.69, 9.17) is 5.73 Å². The molecule has 0 fully saturated rings. The highest BCUT2D eigenvalue weighted by Gasteiger charge is 2.18. The Balaban J connectivity index is 1.93. The topological polar surface area (TPSA) is 68.0 Å². The van der Waals surface area contributed by atoms with E-state index in [0.29, 0.717) is 21.4 Å². The van der Waals surface area contributed by atoms with Crippen molar-refractivity contribution in [2.75, 3.05) is 11.1 Å². The molecule has 0 unspecified atom stereocenters. The maximum Gasteiger partial charge on any atom is 0.268 e. The van der Waals surface area contributed by atoms with Gasteiger partial charge < -0.3 is 11.1 Å². The maximum atomic E-state index is 12.5. The second kappa shape index (κ2) is 6.29. The van der Waals surface area contributed by atoms with Crippen molar-refractivity contribution < 1.29 is 4.79 Å². The summed E-state index contributed by atoms with van der Waals surface area (Å²) in [6.07, 6.45) is 0. The first-order valence-electron chi connectivity index (χ1n) is 6.52.